The van der Waals surface area contributed by atoms with Crippen LogP contribution in [0.25, 0.3) is 0 Å². The molecule has 0 fully saturated rings. The monoisotopic (exact) mass is 194 g/mol. The first-order valence-corrected chi connectivity index (χ1v) is 4.37. The molecule has 0 N–H and O–H groups in total. The lowest BCUT2D eigenvalue weighted by atomic mass is 10.8. The number of esters is 1. The lowest BCUT2D eigenvalue weighted by Gasteiger charge is -1.94. The van der Waals surface area contributed by atoms with Gasteiger partial charge in [-0.3, -0.25) is 9.59 Å². The van der Waals surface area contributed by atoms with Crippen LogP contribution in [0.2, 0.25) is 0 Å². The molecule has 0 saturated heterocycles. The Hall–Kier alpha value is -0.883. The quantitative estimate of drug-likeness (QED) is 0.433. The van der Waals surface area contributed by atoms with Crippen LogP contribution in [-0.2, 0) is 23.2 Å². The molecule has 5 nitrogen and oxygen atoms in total. The molecule has 0 bridgehead atoms. The van der Waals surface area contributed by atoms with Gasteiger partial charge in [-0.05, 0) is 0 Å². The molecule has 12 heavy (non-hydrogen) atoms. The summed E-state index contributed by atoms with van der Waals surface area (Å²) >= 11 is 0. The first-order chi connectivity index (χ1) is 5.54. The van der Waals surface area contributed by atoms with Gasteiger partial charge in [0.1, 0.15) is 0 Å². The number of hydrogen-bond donors (Lipinski definition) is 0. The van der Waals surface area contributed by atoms with Crippen molar-refractivity contribution in [3.8, 4) is 0 Å². The first kappa shape index (κ1) is 13.7. The summed E-state index contributed by atoms with van der Waals surface area (Å²) in [4.78, 5) is 19.5. The fraction of sp³-hybridized carbons (Fsp3) is 0.667. The highest BCUT2D eigenvalue weighted by Gasteiger charge is 1.87. The summed E-state index contributed by atoms with van der Waals surface area (Å²) in [7, 11) is 1.90. The first-order valence-electron chi connectivity index (χ1n) is 3.21. The van der Waals surface area contributed by atoms with E-state index >= 15 is 0 Å². The van der Waals surface area contributed by atoms with E-state index < -0.39 is 10.0 Å². The fourth-order valence-electron chi connectivity index (χ4n) is 0.142. The van der Waals surface area contributed by atoms with Crippen molar-refractivity contribution in [3.63, 3.8) is 0 Å². The maximum absolute atomic E-state index is 9.94. The van der Waals surface area contributed by atoms with E-state index in [1.54, 1.807) is 0 Å². The lowest BCUT2D eigenvalue weighted by Crippen LogP contribution is -2.05. The fourth-order valence-corrected chi connectivity index (χ4v) is 0.426. The average Bonchev–Trinajstić information content (AvgIpc) is 2.02. The molecule has 0 aliphatic rings. The maximum atomic E-state index is 9.94. The molecule has 6 heteroatoms. The number of ether oxygens (including phenoxy) is 1. The van der Waals surface area contributed by atoms with Gasteiger partial charge in [0, 0.05) is 21.0 Å². The molecule has 0 amide bonds. The largest absolute Gasteiger partial charge is 0.499 e. The summed E-state index contributed by atoms with van der Waals surface area (Å²) in [5, 5.41) is 0. The molecule has 0 aromatic rings. The van der Waals surface area contributed by atoms with E-state index in [4.69, 9.17) is 0 Å². The van der Waals surface area contributed by atoms with Crippen LogP contribution in [0, 0.1) is 0 Å². The van der Waals surface area contributed by atoms with Crippen LogP contribution in [-0.4, -0.2) is 36.2 Å². The maximum Gasteiger partial charge on any atom is 0.368 e. The van der Waals surface area contributed by atoms with Crippen LogP contribution in [0.5, 0.6) is 0 Å². The van der Waals surface area contributed by atoms with Crippen LogP contribution in [0.1, 0.15) is 13.8 Å². The Morgan fingerprint density at radius 1 is 1.08 bits per heavy atom. The van der Waals surface area contributed by atoms with Gasteiger partial charge in [0.05, 0.1) is 7.11 Å². The predicted molar refractivity (Wildman–Crippen MR) is 45.0 cm³/mol. The van der Waals surface area contributed by atoms with Gasteiger partial charge in [-0.2, -0.15) is 0 Å². The van der Waals surface area contributed by atoms with Crippen molar-refractivity contribution in [2.45, 2.75) is 13.8 Å². The average molecular weight is 194 g/mol. The Bertz CT molecular complexity index is 136. The van der Waals surface area contributed by atoms with Crippen LogP contribution < -0.4 is 0 Å². The summed E-state index contributed by atoms with van der Waals surface area (Å²) in [6, 6.07) is 0. The molecule has 0 aliphatic carbocycles. The second-order valence-electron chi connectivity index (χ2n) is 1.74. The number of methoxy groups -OCH3 is 1. The summed E-state index contributed by atoms with van der Waals surface area (Å²) in [6.45, 7) is 2.73. The van der Waals surface area contributed by atoms with Crippen molar-refractivity contribution < 1.29 is 23.2 Å². The van der Waals surface area contributed by atoms with Gasteiger partial charge in [0.2, 0.25) is 0 Å². The summed E-state index contributed by atoms with van der Waals surface area (Å²) in [6.07, 6.45) is 0. The minimum Gasteiger partial charge on any atom is -0.499 e. The van der Waals surface area contributed by atoms with Gasteiger partial charge in [-0.1, -0.05) is 0 Å². The molecular formula is C6H14O5Si. The van der Waals surface area contributed by atoms with E-state index in [9.17, 15) is 9.59 Å². The second-order valence-corrected chi connectivity index (χ2v) is 2.84. The minimum absolute atomic E-state index is 0.245. The minimum atomic E-state index is -0.975. The van der Waals surface area contributed by atoms with Gasteiger partial charge in [0.15, 0.2) is 0 Å². The van der Waals surface area contributed by atoms with Crippen LogP contribution in [0.4, 0.5) is 0 Å². The third-order valence-corrected chi connectivity index (χ3v) is 1.43. The number of carbonyl (C=O) groups excluding carboxylic acids is 2. The van der Waals surface area contributed by atoms with Crippen molar-refractivity contribution in [3.05, 3.63) is 0 Å². The Labute approximate surface area is 74.1 Å². The van der Waals surface area contributed by atoms with Crippen molar-refractivity contribution in [2.24, 2.45) is 0 Å². The highest BCUT2D eigenvalue weighted by Crippen LogP contribution is 1.69. The van der Waals surface area contributed by atoms with Crippen LogP contribution in [0.15, 0.2) is 0 Å². The van der Waals surface area contributed by atoms with Gasteiger partial charge in [-0.25, -0.2) is 0 Å². The highest BCUT2D eigenvalue weighted by atomic mass is 28.3. The second kappa shape index (κ2) is 10.1. The Kier molecular flexibility index (Phi) is 11.5. The van der Waals surface area contributed by atoms with Crippen molar-refractivity contribution in [1.82, 2.24) is 0 Å². The van der Waals surface area contributed by atoms with E-state index in [1.807, 2.05) is 0 Å². The molecule has 0 heterocycles. The van der Waals surface area contributed by atoms with E-state index in [0.29, 0.717) is 0 Å². The van der Waals surface area contributed by atoms with Gasteiger partial charge in [0.25, 0.3) is 5.97 Å². The summed E-state index contributed by atoms with van der Waals surface area (Å²) < 4.78 is 13.1. The molecule has 0 rings (SSSR count). The summed E-state index contributed by atoms with van der Waals surface area (Å²) in [5.74, 6) is -0.501. The Morgan fingerprint density at radius 2 is 1.50 bits per heavy atom. The van der Waals surface area contributed by atoms with E-state index in [0.717, 1.165) is 0 Å². The molecule has 0 spiro atoms. The third-order valence-electron chi connectivity index (χ3n) is 0.667. The zero-order valence-corrected chi connectivity index (χ0v) is 9.16. The van der Waals surface area contributed by atoms with E-state index in [-0.39, 0.29) is 11.9 Å². The zero-order valence-electron chi connectivity index (χ0n) is 7.75. The Balaban J connectivity index is 0. The predicted octanol–water partition coefficient (Wildman–Crippen LogP) is -0.626. The number of hydrogen-bond acceptors (Lipinski definition) is 5. The molecule has 0 aromatic carbocycles. The van der Waals surface area contributed by atoms with E-state index in [2.05, 4.69) is 13.6 Å². The molecule has 0 aromatic heterocycles. The lowest BCUT2D eigenvalue weighted by molar-refractivity contribution is -0.138. The van der Waals surface area contributed by atoms with Crippen LogP contribution in [0.3, 0.4) is 0 Å². The normalized spacial score (nSPS) is 8.67. The smallest absolute Gasteiger partial charge is 0.368 e. The van der Waals surface area contributed by atoms with Crippen molar-refractivity contribution in [1.29, 1.82) is 0 Å². The molecule has 72 valence electrons. The van der Waals surface area contributed by atoms with Gasteiger partial charge in [-0.15, -0.1) is 0 Å². The number of carbonyl (C=O) groups is 2. The third kappa shape index (κ3) is 22.9. The topological polar surface area (TPSA) is 61.8 Å². The van der Waals surface area contributed by atoms with E-state index in [1.165, 1.54) is 28.1 Å². The highest BCUT2D eigenvalue weighted by molar-refractivity contribution is 6.21. The SMILES string of the molecule is COC(C)=O.CO[SiH2]OC(C)=O. The number of rotatable bonds is 2. The molecule has 0 aliphatic heterocycles. The molecule has 0 radical (unpaired) electrons. The van der Waals surface area contributed by atoms with Gasteiger partial charge >= 0.3 is 16.0 Å². The van der Waals surface area contributed by atoms with Crippen molar-refractivity contribution >= 4 is 21.9 Å². The molecule has 0 atom stereocenters. The summed E-state index contributed by atoms with van der Waals surface area (Å²) in [5.41, 5.74) is 0. The molecular weight excluding hydrogens is 180 g/mol. The molecule has 0 saturated carbocycles. The Morgan fingerprint density at radius 3 is 1.58 bits per heavy atom. The standard InChI is InChI=1S/C3H8O3Si.C3H6O2/c1-3(4)6-7-5-2;1-3(4)5-2/h7H2,1-2H3;1-2H3. The van der Waals surface area contributed by atoms with Crippen molar-refractivity contribution in [2.75, 3.05) is 14.2 Å². The van der Waals surface area contributed by atoms with Crippen LogP contribution >= 0.6 is 0 Å². The molecule has 0 unspecified atom stereocenters. The zero-order chi connectivity index (χ0) is 9.98. The van der Waals surface area contributed by atoms with Gasteiger partial charge < -0.3 is 13.6 Å².